The summed E-state index contributed by atoms with van der Waals surface area (Å²) in [6.45, 7) is 6.37. The van der Waals surface area contributed by atoms with Crippen molar-refractivity contribution in [3.8, 4) is 11.5 Å². The van der Waals surface area contributed by atoms with E-state index in [9.17, 15) is 14.9 Å². The van der Waals surface area contributed by atoms with Crippen LogP contribution in [0.1, 0.15) is 34.2 Å². The van der Waals surface area contributed by atoms with Crippen LogP contribution in [-0.2, 0) is 13.0 Å². The van der Waals surface area contributed by atoms with E-state index in [1.54, 1.807) is 18.2 Å². The average Bonchev–Trinajstić information content (AvgIpc) is 3.33. The number of ether oxygens (including phenoxy) is 2. The number of benzene rings is 3. The molecule has 194 valence electrons. The van der Waals surface area contributed by atoms with E-state index in [2.05, 4.69) is 17.1 Å². The van der Waals surface area contributed by atoms with Crippen LogP contribution in [0.3, 0.4) is 0 Å². The number of fused-ring (bicyclic) bond motifs is 1. The van der Waals surface area contributed by atoms with Gasteiger partial charge in [0.2, 0.25) is 0 Å². The van der Waals surface area contributed by atoms with Gasteiger partial charge in [0, 0.05) is 33.7 Å². The van der Waals surface area contributed by atoms with Crippen LogP contribution in [0, 0.1) is 10.1 Å². The molecule has 4 aromatic rings. The Hall–Kier alpha value is -4.63. The van der Waals surface area contributed by atoms with Gasteiger partial charge in [0.05, 0.1) is 17.7 Å². The molecule has 1 heterocycles. The highest BCUT2D eigenvalue weighted by Crippen LogP contribution is 2.35. The van der Waals surface area contributed by atoms with Crippen molar-refractivity contribution >= 4 is 40.4 Å². The van der Waals surface area contributed by atoms with Crippen LogP contribution in [0.25, 0.3) is 11.0 Å². The van der Waals surface area contributed by atoms with Gasteiger partial charge in [-0.15, -0.1) is 6.58 Å². The van der Waals surface area contributed by atoms with Gasteiger partial charge in [0.1, 0.15) is 12.2 Å². The molecule has 0 aliphatic rings. The van der Waals surface area contributed by atoms with Crippen molar-refractivity contribution in [1.82, 2.24) is 5.43 Å². The van der Waals surface area contributed by atoms with Gasteiger partial charge in [-0.1, -0.05) is 35.9 Å². The highest BCUT2D eigenvalue weighted by Gasteiger charge is 2.16. The van der Waals surface area contributed by atoms with Crippen LogP contribution in [0.15, 0.2) is 82.8 Å². The predicted octanol–water partition coefficient (Wildman–Crippen LogP) is 6.46. The largest absolute Gasteiger partial charge is 0.490 e. The minimum Gasteiger partial charge on any atom is -0.490 e. The Bertz CT molecular complexity index is 1530. The third kappa shape index (κ3) is 6.19. The highest BCUT2D eigenvalue weighted by atomic mass is 35.5. The fourth-order valence-corrected chi connectivity index (χ4v) is 3.92. The minimum absolute atomic E-state index is 0.0247. The second kappa shape index (κ2) is 12.1. The van der Waals surface area contributed by atoms with Crippen molar-refractivity contribution < 1.29 is 23.6 Å². The fraction of sp³-hybridized carbons (Fsp3) is 0.143. The molecule has 1 aromatic heterocycles. The molecule has 9 nitrogen and oxygen atoms in total. The zero-order valence-electron chi connectivity index (χ0n) is 20.5. The number of furan rings is 1. The number of carbonyl (C=O) groups is 1. The number of non-ortho nitro benzene ring substituents is 1. The normalized spacial score (nSPS) is 11.0. The van der Waals surface area contributed by atoms with E-state index in [1.807, 2.05) is 31.2 Å². The van der Waals surface area contributed by atoms with Crippen LogP contribution < -0.4 is 14.9 Å². The van der Waals surface area contributed by atoms with Crippen LogP contribution >= 0.6 is 11.6 Å². The van der Waals surface area contributed by atoms with Crippen molar-refractivity contribution in [3.05, 3.63) is 111 Å². The van der Waals surface area contributed by atoms with Crippen LogP contribution in [-0.4, -0.2) is 23.7 Å². The van der Waals surface area contributed by atoms with E-state index >= 15 is 0 Å². The monoisotopic (exact) mass is 533 g/mol. The Morgan fingerprint density at radius 2 is 1.97 bits per heavy atom. The third-order valence-electron chi connectivity index (χ3n) is 5.46. The lowest BCUT2D eigenvalue weighted by Gasteiger charge is -2.17. The lowest BCUT2D eigenvalue weighted by atomic mass is 10.1. The molecule has 1 N–H and O–H groups in total. The van der Waals surface area contributed by atoms with Crippen LogP contribution in [0.5, 0.6) is 11.5 Å². The minimum atomic E-state index is -0.601. The maximum absolute atomic E-state index is 12.5. The second-order valence-electron chi connectivity index (χ2n) is 8.10. The van der Waals surface area contributed by atoms with Crippen molar-refractivity contribution in [2.75, 3.05) is 6.61 Å². The van der Waals surface area contributed by atoms with Gasteiger partial charge < -0.3 is 13.9 Å². The first-order valence-corrected chi connectivity index (χ1v) is 12.1. The molecule has 0 atom stereocenters. The highest BCUT2D eigenvalue weighted by molar-refractivity contribution is 6.31. The summed E-state index contributed by atoms with van der Waals surface area (Å²) in [5.74, 6) is 0.467. The second-order valence-corrected chi connectivity index (χ2v) is 8.51. The molecule has 0 spiro atoms. The number of nitrogens with zero attached hydrogens (tertiary/aromatic N) is 2. The first-order valence-electron chi connectivity index (χ1n) is 11.7. The number of halogens is 1. The molecule has 0 aliphatic heterocycles. The van der Waals surface area contributed by atoms with Gasteiger partial charge in [-0.05, 0) is 49.2 Å². The molecule has 0 aliphatic carbocycles. The third-order valence-corrected chi connectivity index (χ3v) is 5.83. The van der Waals surface area contributed by atoms with Gasteiger partial charge in [-0.25, -0.2) is 5.43 Å². The lowest BCUT2D eigenvalue weighted by Crippen LogP contribution is -2.16. The van der Waals surface area contributed by atoms with E-state index < -0.39 is 10.8 Å². The molecule has 4 rings (SSSR count). The molecule has 0 bridgehead atoms. The Morgan fingerprint density at radius 1 is 1.16 bits per heavy atom. The molecule has 0 fully saturated rings. The predicted molar refractivity (Wildman–Crippen MR) is 145 cm³/mol. The molecule has 38 heavy (non-hydrogen) atoms. The van der Waals surface area contributed by atoms with Crippen molar-refractivity contribution in [3.63, 3.8) is 0 Å². The number of nitro benzene ring substituents is 1. The Morgan fingerprint density at radius 3 is 2.71 bits per heavy atom. The van der Waals surface area contributed by atoms with Gasteiger partial charge in [0.15, 0.2) is 17.3 Å². The SMILES string of the molecule is C=CCc1cc(/C=N\NC(=O)c2cc3cc([N+](=O)[O-])ccc3o2)cc(OCC)c1OCc1ccccc1Cl. The quantitative estimate of drug-likeness (QED) is 0.102. The average molecular weight is 534 g/mol. The van der Waals surface area contributed by atoms with Gasteiger partial charge >= 0.3 is 5.91 Å². The van der Waals surface area contributed by atoms with Gasteiger partial charge in [-0.2, -0.15) is 5.10 Å². The fourth-order valence-electron chi connectivity index (χ4n) is 3.73. The first kappa shape index (κ1) is 26.4. The van der Waals surface area contributed by atoms with E-state index in [1.165, 1.54) is 30.5 Å². The number of carbonyl (C=O) groups excluding carboxylic acids is 1. The summed E-state index contributed by atoms with van der Waals surface area (Å²) in [6.07, 6.45) is 3.73. The zero-order valence-corrected chi connectivity index (χ0v) is 21.2. The molecule has 0 saturated carbocycles. The molecule has 3 aromatic carbocycles. The summed E-state index contributed by atoms with van der Waals surface area (Å²) in [4.78, 5) is 23.0. The molecule has 0 saturated heterocycles. The first-order chi connectivity index (χ1) is 18.4. The smallest absolute Gasteiger partial charge is 0.307 e. The summed E-state index contributed by atoms with van der Waals surface area (Å²) in [6, 6.07) is 16.6. The van der Waals surface area contributed by atoms with Crippen molar-refractivity contribution in [1.29, 1.82) is 0 Å². The van der Waals surface area contributed by atoms with Crippen LogP contribution in [0.2, 0.25) is 5.02 Å². The van der Waals surface area contributed by atoms with Gasteiger partial charge in [0.25, 0.3) is 5.69 Å². The number of hydrogen-bond donors (Lipinski definition) is 1. The maximum atomic E-state index is 12.5. The summed E-state index contributed by atoms with van der Waals surface area (Å²) in [5.41, 5.74) is 5.00. The molecular formula is C28H24ClN3O6. The number of nitro groups is 1. The van der Waals surface area contributed by atoms with E-state index in [4.69, 9.17) is 25.5 Å². The summed E-state index contributed by atoms with van der Waals surface area (Å²) >= 11 is 6.27. The molecular weight excluding hydrogens is 510 g/mol. The van der Waals surface area contributed by atoms with Crippen molar-refractivity contribution in [2.24, 2.45) is 5.10 Å². The molecule has 10 heteroatoms. The maximum Gasteiger partial charge on any atom is 0.307 e. The number of amides is 1. The van der Waals surface area contributed by atoms with E-state index in [-0.39, 0.29) is 18.1 Å². The number of hydrogen-bond acceptors (Lipinski definition) is 7. The number of nitrogens with one attached hydrogen (secondary N) is 1. The Balaban J connectivity index is 1.53. The van der Waals surface area contributed by atoms with Crippen LogP contribution in [0.4, 0.5) is 5.69 Å². The van der Waals surface area contributed by atoms with Gasteiger partial charge in [-0.3, -0.25) is 14.9 Å². The topological polar surface area (TPSA) is 116 Å². The number of rotatable bonds is 11. The molecule has 0 unspecified atom stereocenters. The van der Waals surface area contributed by atoms with Crippen molar-refractivity contribution in [2.45, 2.75) is 20.0 Å². The van der Waals surface area contributed by atoms with E-state index in [0.29, 0.717) is 46.1 Å². The molecule has 1 amide bonds. The molecule has 0 radical (unpaired) electrons. The summed E-state index contributed by atoms with van der Waals surface area (Å²) in [7, 11) is 0. The Labute approximate surface area is 223 Å². The lowest BCUT2D eigenvalue weighted by molar-refractivity contribution is -0.384. The summed E-state index contributed by atoms with van der Waals surface area (Å²) in [5, 5.41) is 16.1. The standard InChI is InChI=1S/C28H24ClN3O6/c1-3-7-19-12-18(13-25(36-4-2)27(19)37-17-20-8-5-6-9-23(20)29)16-30-31-28(33)26-15-21-14-22(32(34)35)10-11-24(21)38-26/h3,5-6,8-16H,1,4,7,17H2,2H3,(H,31,33)/b30-16-. The Kier molecular flexibility index (Phi) is 8.40. The number of hydrazone groups is 1. The summed E-state index contributed by atoms with van der Waals surface area (Å²) < 4.78 is 17.4. The number of allylic oxidation sites excluding steroid dienone is 1. The van der Waals surface area contributed by atoms with E-state index in [0.717, 1.165) is 11.1 Å². The zero-order chi connectivity index (χ0) is 27.1.